The lowest BCUT2D eigenvalue weighted by atomic mass is 10.1. The normalized spacial score (nSPS) is 17.3. The molecule has 1 unspecified atom stereocenters. The van der Waals surface area contributed by atoms with Crippen LogP contribution in [0.15, 0.2) is 29.1 Å². The molecule has 3 aromatic rings. The van der Waals surface area contributed by atoms with Crippen molar-refractivity contribution in [3.05, 3.63) is 45.5 Å². The van der Waals surface area contributed by atoms with Gasteiger partial charge in [0.05, 0.1) is 30.1 Å². The number of ether oxygens (including phenoxy) is 1. The van der Waals surface area contributed by atoms with Crippen LogP contribution in [0.1, 0.15) is 29.7 Å². The molecule has 1 aliphatic heterocycles. The van der Waals surface area contributed by atoms with E-state index in [1.54, 1.807) is 23.0 Å². The maximum Gasteiger partial charge on any atom is 0.261 e. The van der Waals surface area contributed by atoms with E-state index in [2.05, 4.69) is 15.1 Å². The highest BCUT2D eigenvalue weighted by Gasteiger charge is 2.32. The second kappa shape index (κ2) is 7.13. The van der Waals surface area contributed by atoms with E-state index in [1.165, 1.54) is 0 Å². The predicted molar refractivity (Wildman–Crippen MR) is 102 cm³/mol. The second-order valence-corrected chi connectivity index (χ2v) is 7.55. The first-order valence-electron chi connectivity index (χ1n) is 8.74. The maximum absolute atomic E-state index is 13.1. The molecule has 0 spiro atoms. The molecule has 8 heteroatoms. The van der Waals surface area contributed by atoms with Gasteiger partial charge in [-0.05, 0) is 31.9 Å². The number of nitrogens with zero attached hydrogens (tertiary/aromatic N) is 5. The van der Waals surface area contributed by atoms with Crippen molar-refractivity contribution < 1.29 is 4.74 Å². The summed E-state index contributed by atoms with van der Waals surface area (Å²) >= 11 is 1.58. The lowest BCUT2D eigenvalue weighted by molar-refractivity contribution is 0.184. The molecule has 1 aliphatic rings. The number of benzene rings is 1. The molecule has 0 amide bonds. The first kappa shape index (κ1) is 17.1. The van der Waals surface area contributed by atoms with Gasteiger partial charge in [0.25, 0.3) is 5.56 Å². The monoisotopic (exact) mass is 371 g/mol. The lowest BCUT2D eigenvalue weighted by Crippen LogP contribution is -2.33. The molecule has 4 rings (SSSR count). The number of aromatic nitrogens is 4. The molecule has 1 fully saturated rings. The van der Waals surface area contributed by atoms with Gasteiger partial charge in [-0.2, -0.15) is 0 Å². The van der Waals surface area contributed by atoms with Gasteiger partial charge >= 0.3 is 0 Å². The Morgan fingerprint density at radius 2 is 2.15 bits per heavy atom. The van der Waals surface area contributed by atoms with E-state index in [-0.39, 0.29) is 11.6 Å². The van der Waals surface area contributed by atoms with Gasteiger partial charge in [0.2, 0.25) is 5.13 Å². The van der Waals surface area contributed by atoms with Crippen molar-refractivity contribution in [1.29, 1.82) is 0 Å². The summed E-state index contributed by atoms with van der Waals surface area (Å²) in [5.41, 5.74) is 0.726. The fraction of sp³-hybridized carbons (Fsp3) is 0.444. The van der Waals surface area contributed by atoms with Crippen LogP contribution in [0.3, 0.4) is 0 Å². The first-order valence-corrected chi connectivity index (χ1v) is 9.56. The quantitative estimate of drug-likeness (QED) is 0.686. The van der Waals surface area contributed by atoms with E-state index in [1.807, 2.05) is 31.2 Å². The summed E-state index contributed by atoms with van der Waals surface area (Å²) in [6.45, 7) is 3.81. The van der Waals surface area contributed by atoms with Gasteiger partial charge in [-0.15, -0.1) is 10.2 Å². The standard InChI is InChI=1S/C18H21N5O2S/c1-12-20-21-18(26-12)22-9-5-8-15(22)16-19-14-7-4-3-6-13(14)17(24)23(16)10-11-25-2/h3-4,6-7,15H,5,8-11H2,1-2H3. The molecule has 26 heavy (non-hydrogen) atoms. The Morgan fingerprint density at radius 1 is 1.31 bits per heavy atom. The summed E-state index contributed by atoms with van der Waals surface area (Å²) < 4.78 is 6.99. The van der Waals surface area contributed by atoms with Crippen molar-refractivity contribution in [3.63, 3.8) is 0 Å². The fourth-order valence-electron chi connectivity index (χ4n) is 3.50. The molecule has 136 valence electrons. The van der Waals surface area contributed by atoms with Crippen LogP contribution in [-0.2, 0) is 11.3 Å². The number of para-hydroxylation sites is 1. The minimum atomic E-state index is -0.0112. The minimum absolute atomic E-state index is 0.0112. The summed E-state index contributed by atoms with van der Waals surface area (Å²) in [6.07, 6.45) is 1.98. The third-order valence-electron chi connectivity index (χ3n) is 4.72. The number of rotatable bonds is 5. The molecule has 1 saturated heterocycles. The zero-order valence-corrected chi connectivity index (χ0v) is 15.7. The Hall–Kier alpha value is -2.32. The second-order valence-electron chi connectivity index (χ2n) is 6.39. The third-order valence-corrected chi connectivity index (χ3v) is 5.60. The highest BCUT2D eigenvalue weighted by molar-refractivity contribution is 7.15. The number of methoxy groups -OCH3 is 1. The van der Waals surface area contributed by atoms with Gasteiger partial charge in [-0.3, -0.25) is 9.36 Å². The Labute approximate surface area is 155 Å². The van der Waals surface area contributed by atoms with Crippen molar-refractivity contribution in [2.75, 3.05) is 25.2 Å². The van der Waals surface area contributed by atoms with E-state index in [4.69, 9.17) is 9.72 Å². The van der Waals surface area contributed by atoms with Crippen LogP contribution >= 0.6 is 11.3 Å². The molecule has 0 saturated carbocycles. The molecule has 1 atom stereocenters. The Morgan fingerprint density at radius 3 is 2.92 bits per heavy atom. The van der Waals surface area contributed by atoms with E-state index < -0.39 is 0 Å². The van der Waals surface area contributed by atoms with Crippen molar-refractivity contribution in [2.45, 2.75) is 32.4 Å². The predicted octanol–water partition coefficient (Wildman–Crippen LogP) is 2.54. The lowest BCUT2D eigenvalue weighted by Gasteiger charge is -2.25. The van der Waals surface area contributed by atoms with Gasteiger partial charge in [0.15, 0.2) is 0 Å². The van der Waals surface area contributed by atoms with E-state index in [0.717, 1.165) is 40.9 Å². The zero-order chi connectivity index (χ0) is 18.1. The molecule has 0 bridgehead atoms. The van der Waals surface area contributed by atoms with E-state index >= 15 is 0 Å². The maximum atomic E-state index is 13.1. The minimum Gasteiger partial charge on any atom is -0.383 e. The molecule has 0 N–H and O–H groups in total. The van der Waals surface area contributed by atoms with Crippen LogP contribution in [0.4, 0.5) is 5.13 Å². The largest absolute Gasteiger partial charge is 0.383 e. The summed E-state index contributed by atoms with van der Waals surface area (Å²) in [6, 6.07) is 7.54. The Bertz CT molecular complexity index is 983. The molecule has 1 aromatic carbocycles. The van der Waals surface area contributed by atoms with Crippen molar-refractivity contribution >= 4 is 27.4 Å². The Balaban J connectivity index is 1.84. The summed E-state index contributed by atoms with van der Waals surface area (Å²) in [7, 11) is 1.64. The van der Waals surface area contributed by atoms with Crippen LogP contribution in [0, 0.1) is 6.92 Å². The number of fused-ring (bicyclic) bond motifs is 1. The number of hydrogen-bond acceptors (Lipinski definition) is 7. The van der Waals surface area contributed by atoms with Crippen LogP contribution in [0.25, 0.3) is 10.9 Å². The van der Waals surface area contributed by atoms with Gasteiger partial charge in [0, 0.05) is 13.7 Å². The number of hydrogen-bond donors (Lipinski definition) is 0. The number of anilines is 1. The van der Waals surface area contributed by atoms with Crippen LogP contribution in [-0.4, -0.2) is 40.0 Å². The molecular weight excluding hydrogens is 350 g/mol. The molecule has 3 heterocycles. The third kappa shape index (κ3) is 2.99. The van der Waals surface area contributed by atoms with Crippen LogP contribution in [0.5, 0.6) is 0 Å². The van der Waals surface area contributed by atoms with Crippen molar-refractivity contribution in [2.24, 2.45) is 0 Å². The smallest absolute Gasteiger partial charge is 0.261 e. The topological polar surface area (TPSA) is 73.1 Å². The van der Waals surface area contributed by atoms with E-state index in [9.17, 15) is 4.79 Å². The van der Waals surface area contributed by atoms with Gasteiger partial charge in [-0.25, -0.2) is 4.98 Å². The molecule has 0 radical (unpaired) electrons. The average Bonchev–Trinajstić information content (AvgIpc) is 3.29. The summed E-state index contributed by atoms with van der Waals surface area (Å²) in [5, 5.41) is 10.9. The highest BCUT2D eigenvalue weighted by atomic mass is 32.1. The fourth-order valence-corrected chi connectivity index (χ4v) is 4.27. The highest BCUT2D eigenvalue weighted by Crippen LogP contribution is 2.36. The molecule has 7 nitrogen and oxygen atoms in total. The van der Waals surface area contributed by atoms with E-state index in [0.29, 0.717) is 18.5 Å². The summed E-state index contributed by atoms with van der Waals surface area (Å²) in [5.74, 6) is 0.788. The van der Waals surface area contributed by atoms with Crippen molar-refractivity contribution in [3.8, 4) is 0 Å². The van der Waals surface area contributed by atoms with Crippen molar-refractivity contribution in [1.82, 2.24) is 19.7 Å². The average molecular weight is 371 g/mol. The van der Waals surface area contributed by atoms with Crippen LogP contribution in [0.2, 0.25) is 0 Å². The summed E-state index contributed by atoms with van der Waals surface area (Å²) in [4.78, 5) is 20.2. The molecule has 2 aromatic heterocycles. The number of aryl methyl sites for hydroxylation is 1. The van der Waals surface area contributed by atoms with Gasteiger partial charge in [0.1, 0.15) is 10.8 Å². The first-order chi connectivity index (χ1) is 12.7. The van der Waals surface area contributed by atoms with Gasteiger partial charge < -0.3 is 9.64 Å². The van der Waals surface area contributed by atoms with Gasteiger partial charge in [-0.1, -0.05) is 23.5 Å². The zero-order valence-electron chi connectivity index (χ0n) is 14.9. The van der Waals surface area contributed by atoms with Crippen LogP contribution < -0.4 is 10.5 Å². The Kier molecular flexibility index (Phi) is 4.69. The molecule has 0 aliphatic carbocycles. The SMILES string of the molecule is COCCn1c(C2CCCN2c2nnc(C)s2)nc2ccccc2c1=O. The molecular formula is C18H21N5O2S.